The van der Waals surface area contributed by atoms with Gasteiger partial charge in [0.1, 0.15) is 0 Å². The van der Waals surface area contributed by atoms with Crippen LogP contribution in [0.15, 0.2) is 59.1 Å². The predicted molar refractivity (Wildman–Crippen MR) is 91.5 cm³/mol. The molecule has 4 heteroatoms. The molecule has 0 spiro atoms. The van der Waals surface area contributed by atoms with E-state index in [2.05, 4.69) is 33.0 Å². The van der Waals surface area contributed by atoms with Crippen molar-refractivity contribution in [2.45, 2.75) is 12.5 Å². The van der Waals surface area contributed by atoms with Gasteiger partial charge >= 0.3 is 0 Å². The molecule has 3 aromatic rings. The summed E-state index contributed by atoms with van der Waals surface area (Å²) in [5.41, 5.74) is 9.28. The van der Waals surface area contributed by atoms with E-state index in [0.717, 1.165) is 26.6 Å². The number of pyridine rings is 1. The van der Waals surface area contributed by atoms with Gasteiger partial charge in [-0.1, -0.05) is 51.8 Å². The number of halogens is 2. The Bertz CT molecular complexity index is 789. The molecule has 2 aromatic carbocycles. The van der Waals surface area contributed by atoms with Crippen molar-refractivity contribution >= 4 is 38.4 Å². The number of aromatic nitrogens is 1. The second kappa shape index (κ2) is 6.14. The summed E-state index contributed by atoms with van der Waals surface area (Å²) in [5.74, 6) is 0. The first-order chi connectivity index (χ1) is 10.1. The van der Waals surface area contributed by atoms with E-state index in [1.807, 2.05) is 42.5 Å². The number of nitrogens with zero attached hydrogens (tertiary/aromatic N) is 1. The minimum absolute atomic E-state index is 0.147. The number of hydrogen-bond acceptors (Lipinski definition) is 2. The Morgan fingerprint density at radius 1 is 1.10 bits per heavy atom. The minimum Gasteiger partial charge on any atom is -0.324 e. The molecule has 0 fully saturated rings. The largest absolute Gasteiger partial charge is 0.324 e. The van der Waals surface area contributed by atoms with Gasteiger partial charge in [0.2, 0.25) is 0 Å². The highest BCUT2D eigenvalue weighted by Crippen LogP contribution is 2.27. The molecule has 2 nitrogen and oxygen atoms in total. The van der Waals surface area contributed by atoms with Gasteiger partial charge in [0, 0.05) is 33.0 Å². The fraction of sp³-hybridized carbons (Fsp3) is 0.118. The van der Waals surface area contributed by atoms with E-state index in [9.17, 15) is 0 Å². The first kappa shape index (κ1) is 14.5. The van der Waals surface area contributed by atoms with Gasteiger partial charge in [0.15, 0.2) is 0 Å². The SMILES string of the molecule is NC(Cc1ccc2ccccc2n1)c1cc(Cl)ccc1Br. The van der Waals surface area contributed by atoms with Crippen molar-refractivity contribution in [2.24, 2.45) is 5.73 Å². The zero-order valence-corrected chi connectivity index (χ0v) is 13.6. The Morgan fingerprint density at radius 2 is 1.90 bits per heavy atom. The van der Waals surface area contributed by atoms with Crippen LogP contribution in [0.2, 0.25) is 5.02 Å². The topological polar surface area (TPSA) is 38.9 Å². The van der Waals surface area contributed by atoms with Crippen LogP contribution < -0.4 is 5.73 Å². The van der Waals surface area contributed by atoms with Crippen LogP contribution >= 0.6 is 27.5 Å². The summed E-state index contributed by atoms with van der Waals surface area (Å²) in [7, 11) is 0. The maximum atomic E-state index is 6.31. The van der Waals surface area contributed by atoms with Gasteiger partial charge in [-0.15, -0.1) is 0 Å². The first-order valence-electron chi connectivity index (χ1n) is 6.69. The van der Waals surface area contributed by atoms with E-state index in [-0.39, 0.29) is 6.04 Å². The third-order valence-corrected chi connectivity index (χ3v) is 4.40. The Hall–Kier alpha value is -1.42. The number of nitrogens with two attached hydrogens (primary N) is 1. The zero-order valence-electron chi connectivity index (χ0n) is 11.3. The van der Waals surface area contributed by atoms with Crippen molar-refractivity contribution in [1.29, 1.82) is 0 Å². The molecule has 1 aromatic heterocycles. The molecule has 0 amide bonds. The average molecular weight is 362 g/mol. The van der Waals surface area contributed by atoms with Crippen molar-refractivity contribution in [3.63, 3.8) is 0 Å². The molecule has 21 heavy (non-hydrogen) atoms. The average Bonchev–Trinajstić information content (AvgIpc) is 2.49. The Kier molecular flexibility index (Phi) is 4.24. The van der Waals surface area contributed by atoms with Gasteiger partial charge in [-0.2, -0.15) is 0 Å². The molecule has 0 bridgehead atoms. The summed E-state index contributed by atoms with van der Waals surface area (Å²) in [5, 5.41) is 1.83. The molecule has 1 unspecified atom stereocenters. The number of para-hydroxylation sites is 1. The van der Waals surface area contributed by atoms with Crippen LogP contribution in [0.3, 0.4) is 0 Å². The summed E-state index contributed by atoms with van der Waals surface area (Å²) in [6, 6.07) is 17.7. The third-order valence-electron chi connectivity index (χ3n) is 3.44. The van der Waals surface area contributed by atoms with E-state index in [4.69, 9.17) is 17.3 Å². The van der Waals surface area contributed by atoms with Gasteiger partial charge < -0.3 is 5.73 Å². The van der Waals surface area contributed by atoms with E-state index in [0.29, 0.717) is 11.4 Å². The minimum atomic E-state index is -0.147. The van der Waals surface area contributed by atoms with Gasteiger partial charge in [-0.25, -0.2) is 0 Å². The van der Waals surface area contributed by atoms with Crippen LogP contribution in [-0.2, 0) is 6.42 Å². The van der Waals surface area contributed by atoms with Crippen LogP contribution in [0.5, 0.6) is 0 Å². The smallest absolute Gasteiger partial charge is 0.0705 e. The summed E-state index contributed by atoms with van der Waals surface area (Å²) in [4.78, 5) is 4.66. The molecule has 2 N–H and O–H groups in total. The molecule has 0 aliphatic rings. The molecule has 0 radical (unpaired) electrons. The predicted octanol–water partition coefficient (Wildman–Crippen LogP) is 4.89. The lowest BCUT2D eigenvalue weighted by molar-refractivity contribution is 0.706. The van der Waals surface area contributed by atoms with Crippen molar-refractivity contribution in [3.05, 3.63) is 75.4 Å². The Morgan fingerprint density at radius 3 is 2.76 bits per heavy atom. The molecule has 0 aliphatic carbocycles. The van der Waals surface area contributed by atoms with Gasteiger partial charge in [-0.3, -0.25) is 4.98 Å². The maximum Gasteiger partial charge on any atom is 0.0705 e. The van der Waals surface area contributed by atoms with E-state index >= 15 is 0 Å². The lowest BCUT2D eigenvalue weighted by Gasteiger charge is -2.14. The summed E-state index contributed by atoms with van der Waals surface area (Å²) < 4.78 is 0.972. The van der Waals surface area contributed by atoms with Gasteiger partial charge in [0.05, 0.1) is 5.52 Å². The van der Waals surface area contributed by atoms with Crippen LogP contribution in [-0.4, -0.2) is 4.98 Å². The maximum absolute atomic E-state index is 6.31. The number of rotatable bonds is 3. The van der Waals surface area contributed by atoms with Gasteiger partial charge in [0.25, 0.3) is 0 Å². The van der Waals surface area contributed by atoms with Crippen LogP contribution in [0.1, 0.15) is 17.3 Å². The van der Waals surface area contributed by atoms with Crippen LogP contribution in [0.25, 0.3) is 10.9 Å². The molecule has 1 heterocycles. The number of hydrogen-bond donors (Lipinski definition) is 1. The van der Waals surface area contributed by atoms with E-state index in [1.54, 1.807) is 0 Å². The van der Waals surface area contributed by atoms with Crippen LogP contribution in [0.4, 0.5) is 0 Å². The Balaban J connectivity index is 1.88. The lowest BCUT2D eigenvalue weighted by atomic mass is 10.0. The van der Waals surface area contributed by atoms with E-state index in [1.165, 1.54) is 0 Å². The Labute approximate surface area is 137 Å². The van der Waals surface area contributed by atoms with Crippen LogP contribution in [0, 0.1) is 0 Å². The molecule has 0 saturated carbocycles. The highest BCUT2D eigenvalue weighted by atomic mass is 79.9. The highest BCUT2D eigenvalue weighted by Gasteiger charge is 2.12. The van der Waals surface area contributed by atoms with Crippen molar-refractivity contribution < 1.29 is 0 Å². The standard InChI is InChI=1S/C17H14BrClN2/c18-15-8-6-12(19)9-14(15)16(20)10-13-7-5-11-3-1-2-4-17(11)21-13/h1-9,16H,10,20H2. The second-order valence-electron chi connectivity index (χ2n) is 4.97. The molecule has 0 saturated heterocycles. The number of fused-ring (bicyclic) bond motifs is 1. The monoisotopic (exact) mass is 360 g/mol. The molecule has 1 atom stereocenters. The highest BCUT2D eigenvalue weighted by molar-refractivity contribution is 9.10. The molecular formula is C17H14BrClN2. The van der Waals surface area contributed by atoms with Crippen molar-refractivity contribution in [1.82, 2.24) is 4.98 Å². The summed E-state index contributed by atoms with van der Waals surface area (Å²) in [6.07, 6.45) is 0.670. The quantitative estimate of drug-likeness (QED) is 0.721. The molecular weight excluding hydrogens is 348 g/mol. The first-order valence-corrected chi connectivity index (χ1v) is 7.86. The fourth-order valence-corrected chi connectivity index (χ4v) is 3.08. The lowest BCUT2D eigenvalue weighted by Crippen LogP contribution is -2.14. The van der Waals surface area contributed by atoms with Crippen molar-refractivity contribution in [3.8, 4) is 0 Å². The third kappa shape index (κ3) is 3.26. The summed E-state index contributed by atoms with van der Waals surface area (Å²) in [6.45, 7) is 0. The van der Waals surface area contributed by atoms with Crippen molar-refractivity contribution in [2.75, 3.05) is 0 Å². The second-order valence-corrected chi connectivity index (χ2v) is 6.26. The normalized spacial score (nSPS) is 12.5. The fourth-order valence-electron chi connectivity index (χ4n) is 2.36. The summed E-state index contributed by atoms with van der Waals surface area (Å²) >= 11 is 9.58. The molecule has 0 aliphatic heterocycles. The molecule has 3 rings (SSSR count). The van der Waals surface area contributed by atoms with Gasteiger partial charge in [-0.05, 0) is 35.9 Å². The zero-order chi connectivity index (χ0) is 14.8. The molecule has 106 valence electrons. The number of benzene rings is 2. The van der Waals surface area contributed by atoms with E-state index < -0.39 is 0 Å².